The standard InChI is InChI=1S/C9H17NO4/c1-10(5-4-9(12)14-3)6-8(11)7-13-2/h4-5,8,11H,6-7H2,1-3H3. The predicted octanol–water partition coefficient (Wildman–Crippen LogP) is -0.388. The summed E-state index contributed by atoms with van der Waals surface area (Å²) in [4.78, 5) is 12.4. The average molecular weight is 203 g/mol. The molecule has 1 N–H and O–H groups in total. The number of methoxy groups -OCH3 is 2. The first kappa shape index (κ1) is 12.9. The van der Waals surface area contributed by atoms with E-state index in [1.54, 1.807) is 18.1 Å². The van der Waals surface area contributed by atoms with Crippen molar-refractivity contribution in [1.82, 2.24) is 4.90 Å². The third-order valence-corrected chi connectivity index (χ3v) is 1.52. The van der Waals surface area contributed by atoms with Crippen LogP contribution in [0.3, 0.4) is 0 Å². The highest BCUT2D eigenvalue weighted by atomic mass is 16.5. The van der Waals surface area contributed by atoms with Crippen LogP contribution in [0.1, 0.15) is 0 Å². The first-order chi connectivity index (χ1) is 6.60. The minimum atomic E-state index is -0.563. The summed E-state index contributed by atoms with van der Waals surface area (Å²) in [5.41, 5.74) is 0. The Morgan fingerprint density at radius 3 is 2.71 bits per heavy atom. The summed E-state index contributed by atoms with van der Waals surface area (Å²) >= 11 is 0. The van der Waals surface area contributed by atoms with Crippen LogP contribution in [-0.2, 0) is 14.3 Å². The third-order valence-electron chi connectivity index (χ3n) is 1.52. The van der Waals surface area contributed by atoms with Gasteiger partial charge in [-0.3, -0.25) is 0 Å². The number of aliphatic hydroxyl groups excluding tert-OH is 1. The van der Waals surface area contributed by atoms with E-state index >= 15 is 0 Å². The molecule has 0 heterocycles. The van der Waals surface area contributed by atoms with Gasteiger partial charge in [-0.1, -0.05) is 0 Å². The lowest BCUT2D eigenvalue weighted by atomic mass is 10.3. The lowest BCUT2D eigenvalue weighted by Crippen LogP contribution is -2.28. The highest BCUT2D eigenvalue weighted by molar-refractivity contribution is 5.81. The Hall–Kier alpha value is -1.07. The van der Waals surface area contributed by atoms with E-state index in [2.05, 4.69) is 4.74 Å². The fourth-order valence-electron chi connectivity index (χ4n) is 0.895. The summed E-state index contributed by atoms with van der Waals surface area (Å²) < 4.78 is 9.17. The van der Waals surface area contributed by atoms with Gasteiger partial charge < -0.3 is 19.5 Å². The Morgan fingerprint density at radius 1 is 1.57 bits per heavy atom. The molecule has 0 saturated carbocycles. The van der Waals surface area contributed by atoms with E-state index in [9.17, 15) is 9.90 Å². The zero-order valence-corrected chi connectivity index (χ0v) is 8.77. The highest BCUT2D eigenvalue weighted by Gasteiger charge is 2.04. The van der Waals surface area contributed by atoms with E-state index in [-0.39, 0.29) is 6.61 Å². The largest absolute Gasteiger partial charge is 0.466 e. The summed E-state index contributed by atoms with van der Waals surface area (Å²) in [7, 11) is 4.58. The van der Waals surface area contributed by atoms with Crippen LogP contribution < -0.4 is 0 Å². The molecule has 0 fully saturated rings. The third kappa shape index (κ3) is 6.45. The zero-order valence-electron chi connectivity index (χ0n) is 8.77. The number of likely N-dealkylation sites (N-methyl/N-ethyl adjacent to an activating group) is 1. The lowest BCUT2D eigenvalue weighted by Gasteiger charge is -2.17. The monoisotopic (exact) mass is 203 g/mol. The van der Waals surface area contributed by atoms with Gasteiger partial charge in [-0.25, -0.2) is 4.79 Å². The second-order valence-corrected chi connectivity index (χ2v) is 2.89. The minimum absolute atomic E-state index is 0.274. The minimum Gasteiger partial charge on any atom is -0.466 e. The summed E-state index contributed by atoms with van der Waals surface area (Å²) in [6, 6.07) is 0. The van der Waals surface area contributed by atoms with Crippen LogP contribution in [0.5, 0.6) is 0 Å². The van der Waals surface area contributed by atoms with Gasteiger partial charge in [0, 0.05) is 33.0 Å². The van der Waals surface area contributed by atoms with E-state index < -0.39 is 12.1 Å². The molecule has 5 nitrogen and oxygen atoms in total. The van der Waals surface area contributed by atoms with E-state index in [1.807, 2.05) is 0 Å². The first-order valence-corrected chi connectivity index (χ1v) is 4.23. The first-order valence-electron chi connectivity index (χ1n) is 4.23. The number of hydrogen-bond acceptors (Lipinski definition) is 5. The maximum atomic E-state index is 10.7. The van der Waals surface area contributed by atoms with E-state index in [0.29, 0.717) is 6.54 Å². The quantitative estimate of drug-likeness (QED) is 0.470. The van der Waals surface area contributed by atoms with Crippen molar-refractivity contribution in [2.24, 2.45) is 0 Å². The van der Waals surface area contributed by atoms with Crippen LogP contribution in [0.25, 0.3) is 0 Å². The Kier molecular flexibility index (Phi) is 6.78. The maximum absolute atomic E-state index is 10.7. The van der Waals surface area contributed by atoms with Gasteiger partial charge in [0.05, 0.1) is 19.8 Å². The van der Waals surface area contributed by atoms with Crippen molar-refractivity contribution in [3.8, 4) is 0 Å². The molecular weight excluding hydrogens is 186 g/mol. The Bertz CT molecular complexity index is 193. The molecule has 0 aromatic rings. The zero-order chi connectivity index (χ0) is 11.0. The maximum Gasteiger partial charge on any atom is 0.331 e. The predicted molar refractivity (Wildman–Crippen MR) is 51.7 cm³/mol. The molecule has 0 radical (unpaired) electrons. The molecule has 0 aliphatic heterocycles. The summed E-state index contributed by atoms with van der Waals surface area (Å²) in [6.45, 7) is 0.678. The second-order valence-electron chi connectivity index (χ2n) is 2.89. The van der Waals surface area contributed by atoms with Gasteiger partial charge in [0.2, 0.25) is 0 Å². The Morgan fingerprint density at radius 2 is 2.21 bits per heavy atom. The van der Waals surface area contributed by atoms with E-state index in [0.717, 1.165) is 0 Å². The van der Waals surface area contributed by atoms with Gasteiger partial charge in [-0.05, 0) is 0 Å². The van der Waals surface area contributed by atoms with Gasteiger partial charge in [0.1, 0.15) is 0 Å². The Labute approximate surface area is 83.9 Å². The molecule has 0 rings (SSSR count). The van der Waals surface area contributed by atoms with Gasteiger partial charge in [-0.15, -0.1) is 0 Å². The molecule has 14 heavy (non-hydrogen) atoms. The Balaban J connectivity index is 3.79. The smallest absolute Gasteiger partial charge is 0.331 e. The molecular formula is C9H17NO4. The van der Waals surface area contributed by atoms with Crippen molar-refractivity contribution in [3.05, 3.63) is 12.3 Å². The highest BCUT2D eigenvalue weighted by Crippen LogP contribution is 1.91. The molecule has 0 spiro atoms. The molecule has 0 saturated heterocycles. The molecule has 0 aliphatic rings. The number of hydrogen-bond donors (Lipinski definition) is 1. The summed E-state index contributed by atoms with van der Waals surface area (Å²) in [6.07, 6.45) is 2.27. The number of aliphatic hydroxyl groups is 1. The SMILES string of the molecule is COCC(O)CN(C)C=CC(=O)OC. The van der Waals surface area contributed by atoms with Crippen molar-refractivity contribution in [3.63, 3.8) is 0 Å². The molecule has 82 valence electrons. The number of ether oxygens (including phenoxy) is 2. The summed E-state index contributed by atoms with van der Waals surface area (Å²) in [5.74, 6) is -0.418. The van der Waals surface area contributed by atoms with Gasteiger partial charge in [0.15, 0.2) is 0 Å². The van der Waals surface area contributed by atoms with Gasteiger partial charge in [0.25, 0.3) is 0 Å². The van der Waals surface area contributed by atoms with Crippen molar-refractivity contribution < 1.29 is 19.4 Å². The van der Waals surface area contributed by atoms with Crippen LogP contribution in [-0.4, -0.2) is 56.5 Å². The van der Waals surface area contributed by atoms with Crippen molar-refractivity contribution in [1.29, 1.82) is 0 Å². The van der Waals surface area contributed by atoms with Crippen LogP contribution >= 0.6 is 0 Å². The van der Waals surface area contributed by atoms with Gasteiger partial charge >= 0.3 is 5.97 Å². The topological polar surface area (TPSA) is 59.0 Å². The number of carbonyl (C=O) groups excluding carboxylic acids is 1. The fourth-order valence-corrected chi connectivity index (χ4v) is 0.895. The van der Waals surface area contributed by atoms with Crippen molar-refractivity contribution in [2.75, 3.05) is 34.4 Å². The fraction of sp³-hybridized carbons (Fsp3) is 0.667. The lowest BCUT2D eigenvalue weighted by molar-refractivity contribution is -0.134. The van der Waals surface area contributed by atoms with Crippen LogP contribution in [0, 0.1) is 0 Å². The number of esters is 1. The molecule has 0 aliphatic carbocycles. The molecule has 0 amide bonds. The van der Waals surface area contributed by atoms with E-state index in [4.69, 9.17) is 4.74 Å². The molecule has 0 aromatic carbocycles. The van der Waals surface area contributed by atoms with Crippen LogP contribution in [0.4, 0.5) is 0 Å². The number of rotatable bonds is 6. The number of nitrogens with zero attached hydrogens (tertiary/aromatic N) is 1. The molecule has 1 unspecified atom stereocenters. The van der Waals surface area contributed by atoms with Crippen LogP contribution in [0.2, 0.25) is 0 Å². The normalized spacial score (nSPS) is 12.9. The average Bonchev–Trinajstić information content (AvgIpc) is 2.14. The second kappa shape index (κ2) is 7.34. The van der Waals surface area contributed by atoms with Crippen LogP contribution in [0.15, 0.2) is 12.3 Å². The molecule has 1 atom stereocenters. The number of carbonyl (C=O) groups is 1. The van der Waals surface area contributed by atoms with Gasteiger partial charge in [-0.2, -0.15) is 0 Å². The molecule has 5 heteroatoms. The van der Waals surface area contributed by atoms with Crippen molar-refractivity contribution in [2.45, 2.75) is 6.10 Å². The molecule has 0 bridgehead atoms. The summed E-state index contributed by atoms with van der Waals surface area (Å²) in [5, 5.41) is 9.33. The van der Waals surface area contributed by atoms with Crippen molar-refractivity contribution >= 4 is 5.97 Å². The van der Waals surface area contributed by atoms with E-state index in [1.165, 1.54) is 20.3 Å². The molecule has 0 aromatic heterocycles.